The maximum Gasteiger partial charge on any atom is 0.247 e. The lowest BCUT2D eigenvalue weighted by Gasteiger charge is -2.33. The molecule has 2 N–H and O–H groups in total. The number of halogens is 1. The summed E-state index contributed by atoms with van der Waals surface area (Å²) in [5.74, 6) is 0.0943. The number of hydrogen-bond acceptors (Lipinski definition) is 3. The Morgan fingerprint density at radius 3 is 2.56 bits per heavy atom. The van der Waals surface area contributed by atoms with Gasteiger partial charge in [0.25, 0.3) is 0 Å². The Bertz CT molecular complexity index is 1110. The molecular weight excluding hydrogens is 450 g/mol. The number of carbonyl (C=O) groups excluding carboxylic acids is 2. The first-order valence-corrected chi connectivity index (χ1v) is 12.5. The molecule has 34 heavy (non-hydrogen) atoms. The molecule has 0 spiro atoms. The third kappa shape index (κ3) is 5.55. The van der Waals surface area contributed by atoms with E-state index in [1.807, 2.05) is 48.7 Å². The predicted molar refractivity (Wildman–Crippen MR) is 135 cm³/mol. The lowest BCUT2D eigenvalue weighted by Crippen LogP contribution is -2.48. The maximum absolute atomic E-state index is 13.6. The van der Waals surface area contributed by atoms with E-state index in [9.17, 15) is 9.59 Å². The summed E-state index contributed by atoms with van der Waals surface area (Å²) >= 11 is 6.03. The van der Waals surface area contributed by atoms with E-state index in [1.54, 1.807) is 12.0 Å². The molecule has 0 radical (unpaired) electrons. The number of benzene rings is 2. The lowest BCUT2D eigenvalue weighted by molar-refractivity contribution is -0.139. The molecule has 6 nitrogen and oxygen atoms in total. The highest BCUT2D eigenvalue weighted by molar-refractivity contribution is 6.27. The average molecular weight is 482 g/mol. The number of alkyl halides is 1. The summed E-state index contributed by atoms with van der Waals surface area (Å²) in [6.45, 7) is 0.377. The van der Waals surface area contributed by atoms with Crippen LogP contribution in [0, 0.1) is 0 Å². The van der Waals surface area contributed by atoms with Crippen LogP contribution in [0.5, 0.6) is 5.75 Å². The molecule has 0 unspecified atom stereocenters. The summed E-state index contributed by atoms with van der Waals surface area (Å²) in [5, 5.41) is 4.33. The summed E-state index contributed by atoms with van der Waals surface area (Å²) in [6, 6.07) is 14.8. The molecule has 1 aromatic heterocycles. The Balaban J connectivity index is 1.62. The van der Waals surface area contributed by atoms with Crippen LogP contribution in [0.4, 0.5) is 0 Å². The number of hydrogen-bond donors (Lipinski definition) is 2. The molecule has 1 atom stereocenters. The lowest BCUT2D eigenvalue weighted by atomic mass is 9.94. The van der Waals surface area contributed by atoms with Crippen molar-refractivity contribution in [2.45, 2.75) is 50.6 Å². The molecule has 0 bridgehead atoms. The van der Waals surface area contributed by atoms with Crippen molar-refractivity contribution in [3.8, 4) is 5.75 Å². The van der Waals surface area contributed by atoms with Crippen LogP contribution in [0.3, 0.4) is 0 Å². The molecule has 7 heteroatoms. The molecule has 3 aromatic rings. The van der Waals surface area contributed by atoms with Crippen molar-refractivity contribution in [1.29, 1.82) is 0 Å². The molecule has 1 fully saturated rings. The van der Waals surface area contributed by atoms with Crippen LogP contribution < -0.4 is 10.1 Å². The Hall–Kier alpha value is -2.99. The quantitative estimate of drug-likeness (QED) is 0.423. The van der Waals surface area contributed by atoms with Crippen molar-refractivity contribution in [1.82, 2.24) is 15.2 Å². The number of nitrogens with one attached hydrogen (secondary N) is 2. The summed E-state index contributed by atoms with van der Waals surface area (Å²) in [7, 11) is 1.60. The number of aromatic nitrogens is 1. The van der Waals surface area contributed by atoms with Crippen LogP contribution in [0.1, 0.15) is 49.3 Å². The van der Waals surface area contributed by atoms with Gasteiger partial charge in [-0.25, -0.2) is 0 Å². The van der Waals surface area contributed by atoms with Gasteiger partial charge in [0.1, 0.15) is 17.7 Å². The number of carbonyl (C=O) groups is 2. The molecule has 1 aliphatic carbocycles. The number of H-pyrrole nitrogens is 1. The van der Waals surface area contributed by atoms with Crippen molar-refractivity contribution >= 4 is 34.3 Å². The van der Waals surface area contributed by atoms with Gasteiger partial charge in [-0.1, -0.05) is 49.6 Å². The van der Waals surface area contributed by atoms with Crippen molar-refractivity contribution in [2.75, 3.05) is 19.5 Å². The maximum atomic E-state index is 13.6. The van der Waals surface area contributed by atoms with Crippen molar-refractivity contribution in [3.05, 3.63) is 65.9 Å². The summed E-state index contributed by atoms with van der Waals surface area (Å²) in [6.07, 6.45) is 7.95. The Labute approximate surface area is 205 Å². The molecule has 2 amide bonds. The van der Waals surface area contributed by atoms with Gasteiger partial charge in [-0.2, -0.15) is 0 Å². The standard InChI is InChI=1S/C27H32ClN3O3/c1-34-22-13-11-19(12-14-22)26(27(33)30-21-7-3-2-4-8-21)31(25(32)17-28)16-15-20-18-29-24-10-6-5-9-23(20)24/h5-6,9-14,18,21,26,29H,2-4,7-8,15-17H2,1H3,(H,30,33)/t26-/m0/s1. The van der Waals surface area contributed by atoms with Gasteiger partial charge in [-0.3, -0.25) is 9.59 Å². The van der Waals surface area contributed by atoms with Gasteiger partial charge in [-0.05, 0) is 48.6 Å². The number of methoxy groups -OCH3 is 1. The molecule has 1 aliphatic rings. The number of ether oxygens (including phenoxy) is 1. The summed E-state index contributed by atoms with van der Waals surface area (Å²) in [4.78, 5) is 31.6. The highest BCUT2D eigenvalue weighted by atomic mass is 35.5. The van der Waals surface area contributed by atoms with Crippen molar-refractivity contribution < 1.29 is 14.3 Å². The zero-order valence-electron chi connectivity index (χ0n) is 19.6. The number of rotatable bonds is 9. The molecule has 180 valence electrons. The Morgan fingerprint density at radius 1 is 1.12 bits per heavy atom. The van der Waals surface area contributed by atoms with Crippen LogP contribution in [0.25, 0.3) is 10.9 Å². The van der Waals surface area contributed by atoms with E-state index in [1.165, 1.54) is 6.42 Å². The number of nitrogens with zero attached hydrogens (tertiary/aromatic N) is 1. The third-order valence-electron chi connectivity index (χ3n) is 6.67. The zero-order chi connectivity index (χ0) is 23.9. The number of aromatic amines is 1. The van der Waals surface area contributed by atoms with Gasteiger partial charge in [0.05, 0.1) is 7.11 Å². The Morgan fingerprint density at radius 2 is 1.85 bits per heavy atom. The van der Waals surface area contributed by atoms with Gasteiger partial charge in [0, 0.05) is 29.7 Å². The smallest absolute Gasteiger partial charge is 0.247 e. The van der Waals surface area contributed by atoms with Gasteiger partial charge < -0.3 is 19.9 Å². The molecule has 0 aliphatic heterocycles. The molecule has 4 rings (SSSR count). The SMILES string of the molecule is COc1ccc([C@@H](C(=O)NC2CCCCC2)N(CCc2c[nH]c3ccccc23)C(=O)CCl)cc1. The van der Waals surface area contributed by atoms with E-state index in [0.29, 0.717) is 18.7 Å². The second-order valence-corrected chi connectivity index (χ2v) is 9.12. The second kappa shape index (κ2) is 11.4. The van der Waals surface area contributed by atoms with Crippen LogP contribution >= 0.6 is 11.6 Å². The minimum Gasteiger partial charge on any atom is -0.497 e. The largest absolute Gasteiger partial charge is 0.497 e. The number of amides is 2. The summed E-state index contributed by atoms with van der Waals surface area (Å²) in [5.41, 5.74) is 2.89. The van der Waals surface area contributed by atoms with E-state index in [4.69, 9.17) is 16.3 Å². The van der Waals surface area contributed by atoms with Gasteiger partial charge in [-0.15, -0.1) is 11.6 Å². The monoisotopic (exact) mass is 481 g/mol. The third-order valence-corrected chi connectivity index (χ3v) is 6.90. The molecular formula is C27H32ClN3O3. The molecule has 1 saturated carbocycles. The van der Waals surface area contributed by atoms with E-state index >= 15 is 0 Å². The molecule has 0 saturated heterocycles. The molecule has 1 heterocycles. The topological polar surface area (TPSA) is 74.4 Å². The van der Waals surface area contributed by atoms with E-state index < -0.39 is 6.04 Å². The Kier molecular flexibility index (Phi) is 8.12. The van der Waals surface area contributed by atoms with Crippen LogP contribution in [-0.2, 0) is 16.0 Å². The molecule has 2 aromatic carbocycles. The fourth-order valence-corrected chi connectivity index (χ4v) is 4.99. The van der Waals surface area contributed by atoms with Crippen molar-refractivity contribution in [3.63, 3.8) is 0 Å². The highest BCUT2D eigenvalue weighted by Crippen LogP contribution is 2.27. The first-order valence-electron chi connectivity index (χ1n) is 12.0. The van der Waals surface area contributed by atoms with Crippen LogP contribution in [-0.4, -0.2) is 47.3 Å². The first kappa shape index (κ1) is 24.1. The van der Waals surface area contributed by atoms with Gasteiger partial charge in [0.2, 0.25) is 11.8 Å². The fourth-order valence-electron chi connectivity index (χ4n) is 4.84. The zero-order valence-corrected chi connectivity index (χ0v) is 20.3. The van der Waals surface area contributed by atoms with Crippen LogP contribution in [0.15, 0.2) is 54.7 Å². The second-order valence-electron chi connectivity index (χ2n) is 8.85. The van der Waals surface area contributed by atoms with Crippen molar-refractivity contribution in [2.24, 2.45) is 0 Å². The first-order chi connectivity index (χ1) is 16.6. The van der Waals surface area contributed by atoms with E-state index in [-0.39, 0.29) is 23.7 Å². The fraction of sp³-hybridized carbons (Fsp3) is 0.407. The van der Waals surface area contributed by atoms with Gasteiger partial charge >= 0.3 is 0 Å². The van der Waals surface area contributed by atoms with Crippen LogP contribution in [0.2, 0.25) is 0 Å². The van der Waals surface area contributed by atoms with E-state index in [0.717, 1.165) is 47.7 Å². The van der Waals surface area contributed by atoms with Gasteiger partial charge in [0.15, 0.2) is 0 Å². The predicted octanol–water partition coefficient (Wildman–Crippen LogP) is 4.98. The van der Waals surface area contributed by atoms with E-state index in [2.05, 4.69) is 16.4 Å². The normalized spacial score (nSPS) is 15.1. The average Bonchev–Trinajstić information content (AvgIpc) is 3.30. The minimum atomic E-state index is -0.760. The summed E-state index contributed by atoms with van der Waals surface area (Å²) < 4.78 is 5.29. The number of para-hydroxylation sites is 1. The highest BCUT2D eigenvalue weighted by Gasteiger charge is 2.32. The number of fused-ring (bicyclic) bond motifs is 1. The minimum absolute atomic E-state index is 0.142.